The number of carbonyl (C=O) groups is 2. The number of aromatic nitrogens is 1. The quantitative estimate of drug-likeness (QED) is 0.684. The summed E-state index contributed by atoms with van der Waals surface area (Å²) in [6.45, 7) is 3.86. The van der Waals surface area contributed by atoms with Gasteiger partial charge in [-0.05, 0) is 18.9 Å². The number of nitrogens with one attached hydrogen (secondary N) is 1. The number of amides is 3. The highest BCUT2D eigenvalue weighted by Gasteiger charge is 2.51. The Hall–Kier alpha value is -3.41. The molecule has 2 heterocycles. The third-order valence-electron chi connectivity index (χ3n) is 5.16. The number of rotatable bonds is 5. The predicted octanol–water partition coefficient (Wildman–Crippen LogP) is 4.01. The Morgan fingerprint density at radius 2 is 1.79 bits per heavy atom. The Kier molecular flexibility index (Phi) is 4.47. The van der Waals surface area contributed by atoms with E-state index in [4.69, 9.17) is 4.42 Å². The fourth-order valence-corrected chi connectivity index (χ4v) is 3.50. The second-order valence-corrected chi connectivity index (χ2v) is 6.93. The minimum atomic E-state index is -1.06. The van der Waals surface area contributed by atoms with Gasteiger partial charge in [-0.1, -0.05) is 67.1 Å². The molecule has 0 bridgehead atoms. The molecule has 1 aliphatic heterocycles. The number of hydrogen-bond donors (Lipinski definition) is 1. The molecular formula is C22H21N3O3. The zero-order chi connectivity index (χ0) is 19.7. The van der Waals surface area contributed by atoms with Gasteiger partial charge in [-0.15, -0.1) is 0 Å². The van der Waals surface area contributed by atoms with Gasteiger partial charge in [-0.2, -0.15) is 0 Å². The van der Waals surface area contributed by atoms with Crippen LogP contribution in [0.4, 0.5) is 4.79 Å². The van der Waals surface area contributed by atoms with Crippen molar-refractivity contribution < 1.29 is 14.0 Å². The molecule has 6 heteroatoms. The van der Waals surface area contributed by atoms with Gasteiger partial charge in [0.1, 0.15) is 12.1 Å². The van der Waals surface area contributed by atoms with Crippen LogP contribution in [0.25, 0.3) is 11.3 Å². The topological polar surface area (TPSA) is 75.4 Å². The summed E-state index contributed by atoms with van der Waals surface area (Å²) in [5.74, 6) is 0.629. The standard InChI is InChI=1S/C22H21N3O3/c1-3-22(17-11-9-15(2)10-12-17)20(26)25(21(27)24-22)14-19-23-13-18(28-19)16-7-5-4-6-8-16/h4-13H,3,14H2,1-2H3,(H,24,27). The summed E-state index contributed by atoms with van der Waals surface area (Å²) in [5, 5.41) is 2.88. The first kappa shape index (κ1) is 18.0. The van der Waals surface area contributed by atoms with Crippen LogP contribution in [0, 0.1) is 6.92 Å². The van der Waals surface area contributed by atoms with Crippen LogP contribution in [0.15, 0.2) is 65.2 Å². The molecule has 0 aliphatic carbocycles. The number of carbonyl (C=O) groups excluding carboxylic acids is 2. The highest BCUT2D eigenvalue weighted by molar-refractivity contribution is 6.07. The van der Waals surface area contributed by atoms with E-state index < -0.39 is 11.6 Å². The summed E-state index contributed by atoms with van der Waals surface area (Å²) < 4.78 is 5.77. The lowest BCUT2D eigenvalue weighted by molar-refractivity contribution is -0.132. The molecule has 3 amide bonds. The number of aryl methyl sites for hydroxylation is 1. The third-order valence-corrected chi connectivity index (χ3v) is 5.16. The lowest BCUT2D eigenvalue weighted by Crippen LogP contribution is -2.43. The summed E-state index contributed by atoms with van der Waals surface area (Å²) in [4.78, 5) is 31.2. The highest BCUT2D eigenvalue weighted by Crippen LogP contribution is 2.33. The second kappa shape index (κ2) is 6.96. The van der Waals surface area contributed by atoms with E-state index in [1.807, 2.05) is 68.4 Å². The first-order valence-corrected chi connectivity index (χ1v) is 9.25. The van der Waals surface area contributed by atoms with Gasteiger partial charge < -0.3 is 9.73 Å². The maximum Gasteiger partial charge on any atom is 0.325 e. The Morgan fingerprint density at radius 1 is 1.07 bits per heavy atom. The molecule has 0 saturated carbocycles. The van der Waals surface area contributed by atoms with Crippen molar-refractivity contribution in [3.05, 3.63) is 77.8 Å². The van der Waals surface area contributed by atoms with Crippen molar-refractivity contribution in [1.82, 2.24) is 15.2 Å². The van der Waals surface area contributed by atoms with E-state index in [9.17, 15) is 9.59 Å². The van der Waals surface area contributed by atoms with Crippen molar-refractivity contribution in [3.63, 3.8) is 0 Å². The van der Waals surface area contributed by atoms with E-state index in [1.54, 1.807) is 6.20 Å². The molecule has 1 saturated heterocycles. The van der Waals surface area contributed by atoms with E-state index >= 15 is 0 Å². The van der Waals surface area contributed by atoms with E-state index in [0.717, 1.165) is 16.7 Å². The predicted molar refractivity (Wildman–Crippen MR) is 104 cm³/mol. The van der Waals surface area contributed by atoms with Gasteiger partial charge in [0.25, 0.3) is 5.91 Å². The van der Waals surface area contributed by atoms with E-state index in [-0.39, 0.29) is 12.5 Å². The highest BCUT2D eigenvalue weighted by atomic mass is 16.4. The van der Waals surface area contributed by atoms with Crippen molar-refractivity contribution >= 4 is 11.9 Å². The molecule has 6 nitrogen and oxygen atoms in total. The van der Waals surface area contributed by atoms with Gasteiger partial charge in [0, 0.05) is 5.56 Å². The average molecular weight is 375 g/mol. The molecule has 1 unspecified atom stereocenters. The molecular weight excluding hydrogens is 354 g/mol. The van der Waals surface area contributed by atoms with E-state index in [0.29, 0.717) is 18.1 Å². The molecule has 1 aliphatic rings. The smallest absolute Gasteiger partial charge is 0.325 e. The molecule has 3 aromatic rings. The normalized spacial score (nSPS) is 19.1. The number of oxazole rings is 1. The molecule has 1 N–H and O–H groups in total. The van der Waals surface area contributed by atoms with Crippen molar-refractivity contribution in [2.24, 2.45) is 0 Å². The van der Waals surface area contributed by atoms with Crippen molar-refractivity contribution in [2.45, 2.75) is 32.4 Å². The monoisotopic (exact) mass is 375 g/mol. The van der Waals surface area contributed by atoms with Crippen LogP contribution in [0.2, 0.25) is 0 Å². The number of urea groups is 1. The summed E-state index contributed by atoms with van der Waals surface area (Å²) >= 11 is 0. The Balaban J connectivity index is 1.59. The largest absolute Gasteiger partial charge is 0.439 e. The van der Waals surface area contributed by atoms with Crippen LogP contribution in [0.5, 0.6) is 0 Å². The molecule has 1 atom stereocenters. The van der Waals surface area contributed by atoms with E-state index in [2.05, 4.69) is 10.3 Å². The van der Waals surface area contributed by atoms with Crippen LogP contribution in [0.1, 0.15) is 30.4 Å². The van der Waals surface area contributed by atoms with Crippen LogP contribution in [0.3, 0.4) is 0 Å². The molecule has 2 aromatic carbocycles. The number of imide groups is 1. The van der Waals surface area contributed by atoms with Gasteiger partial charge in [0.05, 0.1) is 6.20 Å². The van der Waals surface area contributed by atoms with Gasteiger partial charge in [0.2, 0.25) is 5.89 Å². The molecule has 1 aromatic heterocycles. The summed E-state index contributed by atoms with van der Waals surface area (Å²) in [7, 11) is 0. The SMILES string of the molecule is CCC1(c2ccc(C)cc2)NC(=O)N(Cc2ncc(-c3ccccc3)o2)C1=O. The molecule has 1 fully saturated rings. The Labute approximate surface area is 163 Å². The van der Waals surface area contributed by atoms with Crippen LogP contribution >= 0.6 is 0 Å². The maximum atomic E-state index is 13.2. The minimum absolute atomic E-state index is 0.00882. The van der Waals surface area contributed by atoms with Crippen molar-refractivity contribution in [2.75, 3.05) is 0 Å². The van der Waals surface area contributed by atoms with Crippen molar-refractivity contribution in [1.29, 1.82) is 0 Å². The van der Waals surface area contributed by atoms with Gasteiger partial charge in [-0.3, -0.25) is 9.69 Å². The average Bonchev–Trinajstić information content (AvgIpc) is 3.28. The molecule has 0 spiro atoms. The lowest BCUT2D eigenvalue weighted by atomic mass is 9.87. The zero-order valence-corrected chi connectivity index (χ0v) is 15.8. The summed E-state index contributed by atoms with van der Waals surface area (Å²) in [6.07, 6.45) is 2.06. The van der Waals surface area contributed by atoms with Gasteiger partial charge >= 0.3 is 6.03 Å². The van der Waals surface area contributed by atoms with Crippen LogP contribution in [-0.2, 0) is 16.9 Å². The van der Waals surface area contributed by atoms with Crippen LogP contribution in [-0.4, -0.2) is 21.8 Å². The fourth-order valence-electron chi connectivity index (χ4n) is 3.50. The Morgan fingerprint density at radius 3 is 2.46 bits per heavy atom. The van der Waals surface area contributed by atoms with E-state index in [1.165, 1.54) is 4.90 Å². The third kappa shape index (κ3) is 2.97. The van der Waals surface area contributed by atoms with Gasteiger partial charge in [0.15, 0.2) is 5.76 Å². The summed E-state index contributed by atoms with van der Waals surface area (Å²) in [5.41, 5.74) is 1.70. The molecule has 4 rings (SSSR count). The second-order valence-electron chi connectivity index (χ2n) is 6.93. The fraction of sp³-hybridized carbons (Fsp3) is 0.227. The Bertz CT molecular complexity index is 1010. The first-order chi connectivity index (χ1) is 13.5. The number of nitrogens with zero attached hydrogens (tertiary/aromatic N) is 2. The lowest BCUT2D eigenvalue weighted by Gasteiger charge is -2.25. The molecule has 142 valence electrons. The minimum Gasteiger partial charge on any atom is -0.439 e. The zero-order valence-electron chi connectivity index (χ0n) is 15.8. The molecule has 28 heavy (non-hydrogen) atoms. The number of benzene rings is 2. The van der Waals surface area contributed by atoms with Crippen LogP contribution < -0.4 is 5.32 Å². The first-order valence-electron chi connectivity index (χ1n) is 9.25. The van der Waals surface area contributed by atoms with Crippen molar-refractivity contribution in [3.8, 4) is 11.3 Å². The molecule has 0 radical (unpaired) electrons. The summed E-state index contributed by atoms with van der Waals surface area (Å²) in [6, 6.07) is 16.8. The number of hydrogen-bond acceptors (Lipinski definition) is 4. The maximum absolute atomic E-state index is 13.2. The van der Waals surface area contributed by atoms with Gasteiger partial charge in [-0.25, -0.2) is 9.78 Å².